The van der Waals surface area contributed by atoms with Crippen LogP contribution < -0.4 is 5.32 Å². The Morgan fingerprint density at radius 3 is 2.42 bits per heavy atom. The van der Waals surface area contributed by atoms with Gasteiger partial charge in [-0.25, -0.2) is 0 Å². The molecule has 1 saturated heterocycles. The fraction of sp³-hybridized carbons (Fsp3) is 0.778. The number of aromatic nitrogens is 2. The summed E-state index contributed by atoms with van der Waals surface area (Å²) >= 11 is 0. The second kappa shape index (κ2) is 8.06. The smallest absolute Gasteiger partial charge is 0.194 e. The maximum Gasteiger partial charge on any atom is 0.194 e. The van der Waals surface area contributed by atoms with E-state index in [0.717, 1.165) is 44.3 Å². The molecule has 0 atom stereocenters. The standard InChI is InChI=1S/C18H33N5.HI/c1-8-19-16(22-13-17(4,5)18(22,6)7)20-10-9-11-23-15(3)12-14(2)21-23;/h12H,8-11,13H2,1-7H3,(H,19,20);1H. The summed E-state index contributed by atoms with van der Waals surface area (Å²) in [5, 5.41) is 7.96. The van der Waals surface area contributed by atoms with Crippen LogP contribution in [0.5, 0.6) is 0 Å². The van der Waals surface area contributed by atoms with Gasteiger partial charge in [0.2, 0.25) is 0 Å². The van der Waals surface area contributed by atoms with E-state index in [1.54, 1.807) is 0 Å². The third kappa shape index (κ3) is 4.24. The summed E-state index contributed by atoms with van der Waals surface area (Å²) in [4.78, 5) is 7.24. The lowest BCUT2D eigenvalue weighted by Gasteiger charge is -2.62. The van der Waals surface area contributed by atoms with Crippen LogP contribution in [0.15, 0.2) is 11.1 Å². The minimum atomic E-state index is 0. The number of halogens is 1. The van der Waals surface area contributed by atoms with E-state index in [4.69, 9.17) is 4.99 Å². The molecule has 0 radical (unpaired) electrons. The summed E-state index contributed by atoms with van der Waals surface area (Å²) in [5.41, 5.74) is 2.78. The first-order valence-corrected chi connectivity index (χ1v) is 8.76. The largest absolute Gasteiger partial charge is 0.356 e. The van der Waals surface area contributed by atoms with Crippen molar-refractivity contribution >= 4 is 29.9 Å². The summed E-state index contributed by atoms with van der Waals surface area (Å²) in [6.45, 7) is 19.3. The number of guanidine groups is 1. The number of aliphatic imine (C=N–C) groups is 1. The molecule has 1 N–H and O–H groups in total. The monoisotopic (exact) mass is 447 g/mol. The van der Waals surface area contributed by atoms with Crippen LogP contribution >= 0.6 is 24.0 Å². The van der Waals surface area contributed by atoms with E-state index < -0.39 is 0 Å². The lowest BCUT2D eigenvalue weighted by molar-refractivity contribution is -0.0667. The van der Waals surface area contributed by atoms with Gasteiger partial charge in [0, 0.05) is 42.8 Å². The van der Waals surface area contributed by atoms with Gasteiger partial charge in [-0.2, -0.15) is 5.10 Å². The van der Waals surface area contributed by atoms with Crippen molar-refractivity contribution in [3.8, 4) is 0 Å². The molecule has 138 valence electrons. The van der Waals surface area contributed by atoms with Crippen LogP contribution in [0.3, 0.4) is 0 Å². The van der Waals surface area contributed by atoms with Crippen LogP contribution in [-0.4, -0.2) is 45.8 Å². The molecule has 0 amide bonds. The number of aryl methyl sites for hydroxylation is 3. The van der Waals surface area contributed by atoms with Crippen LogP contribution in [0.25, 0.3) is 0 Å². The summed E-state index contributed by atoms with van der Waals surface area (Å²) in [5.74, 6) is 1.05. The minimum absolute atomic E-state index is 0. The van der Waals surface area contributed by atoms with E-state index >= 15 is 0 Å². The van der Waals surface area contributed by atoms with Crippen molar-refractivity contribution in [2.45, 2.75) is 67.0 Å². The highest BCUT2D eigenvalue weighted by Crippen LogP contribution is 2.46. The van der Waals surface area contributed by atoms with Crippen molar-refractivity contribution in [2.75, 3.05) is 19.6 Å². The predicted octanol–water partition coefficient (Wildman–Crippen LogP) is 3.59. The van der Waals surface area contributed by atoms with E-state index in [-0.39, 0.29) is 29.5 Å². The van der Waals surface area contributed by atoms with Gasteiger partial charge in [0.05, 0.1) is 5.69 Å². The zero-order valence-corrected chi connectivity index (χ0v) is 18.6. The van der Waals surface area contributed by atoms with Crippen molar-refractivity contribution in [3.05, 3.63) is 17.5 Å². The molecule has 0 saturated carbocycles. The van der Waals surface area contributed by atoms with Crippen LogP contribution in [0.4, 0.5) is 0 Å². The van der Waals surface area contributed by atoms with E-state index in [9.17, 15) is 0 Å². The molecule has 5 nitrogen and oxygen atoms in total. The Balaban J connectivity index is 0.00000288. The highest BCUT2D eigenvalue weighted by molar-refractivity contribution is 14.0. The van der Waals surface area contributed by atoms with Gasteiger partial charge in [-0.3, -0.25) is 9.67 Å². The number of rotatable bonds is 5. The average molecular weight is 447 g/mol. The molecule has 1 fully saturated rings. The van der Waals surface area contributed by atoms with Gasteiger partial charge in [0.1, 0.15) is 0 Å². The van der Waals surface area contributed by atoms with Crippen molar-refractivity contribution in [2.24, 2.45) is 10.4 Å². The fourth-order valence-electron chi connectivity index (χ4n) is 3.10. The normalized spacial score (nSPS) is 18.8. The molecule has 6 heteroatoms. The zero-order valence-electron chi connectivity index (χ0n) is 16.3. The van der Waals surface area contributed by atoms with E-state index in [0.29, 0.717) is 5.41 Å². The third-order valence-corrected chi connectivity index (χ3v) is 5.37. The summed E-state index contributed by atoms with van der Waals surface area (Å²) in [6, 6.07) is 2.12. The average Bonchev–Trinajstić information content (AvgIpc) is 2.78. The molecular weight excluding hydrogens is 413 g/mol. The fourth-order valence-corrected chi connectivity index (χ4v) is 3.10. The summed E-state index contributed by atoms with van der Waals surface area (Å²) < 4.78 is 2.08. The second-order valence-corrected chi connectivity index (χ2v) is 7.77. The number of hydrogen-bond acceptors (Lipinski definition) is 2. The van der Waals surface area contributed by atoms with Gasteiger partial charge < -0.3 is 10.2 Å². The van der Waals surface area contributed by atoms with Crippen molar-refractivity contribution in [1.82, 2.24) is 20.0 Å². The molecule has 0 spiro atoms. The number of nitrogens with zero attached hydrogens (tertiary/aromatic N) is 4. The van der Waals surface area contributed by atoms with Gasteiger partial charge >= 0.3 is 0 Å². The second-order valence-electron chi connectivity index (χ2n) is 7.77. The first-order chi connectivity index (χ1) is 10.7. The van der Waals surface area contributed by atoms with Gasteiger partial charge in [0.15, 0.2) is 5.96 Å². The Hall–Kier alpha value is -0.790. The molecule has 24 heavy (non-hydrogen) atoms. The Kier molecular flexibility index (Phi) is 7.14. The van der Waals surface area contributed by atoms with Crippen molar-refractivity contribution in [3.63, 3.8) is 0 Å². The van der Waals surface area contributed by atoms with E-state index in [1.807, 2.05) is 6.92 Å². The van der Waals surface area contributed by atoms with E-state index in [2.05, 4.69) is 67.6 Å². The van der Waals surface area contributed by atoms with Gasteiger partial charge in [-0.05, 0) is 47.1 Å². The maximum atomic E-state index is 4.84. The highest BCUT2D eigenvalue weighted by atomic mass is 127. The maximum absolute atomic E-state index is 4.84. The quantitative estimate of drug-likeness (QED) is 0.325. The lowest BCUT2D eigenvalue weighted by atomic mass is 9.65. The van der Waals surface area contributed by atoms with Crippen LogP contribution in [-0.2, 0) is 6.54 Å². The van der Waals surface area contributed by atoms with Gasteiger partial charge in [-0.15, -0.1) is 24.0 Å². The van der Waals surface area contributed by atoms with Gasteiger partial charge in [0.25, 0.3) is 0 Å². The Labute approximate surface area is 164 Å². The molecule has 0 unspecified atom stereocenters. The van der Waals surface area contributed by atoms with E-state index in [1.165, 1.54) is 5.69 Å². The topological polar surface area (TPSA) is 45.5 Å². The number of nitrogens with one attached hydrogen (secondary N) is 1. The minimum Gasteiger partial charge on any atom is -0.356 e. The molecule has 0 bridgehead atoms. The summed E-state index contributed by atoms with van der Waals surface area (Å²) in [7, 11) is 0. The van der Waals surface area contributed by atoms with Crippen LogP contribution in [0, 0.1) is 19.3 Å². The van der Waals surface area contributed by atoms with Crippen molar-refractivity contribution < 1.29 is 0 Å². The van der Waals surface area contributed by atoms with Crippen LogP contribution in [0.2, 0.25) is 0 Å². The summed E-state index contributed by atoms with van der Waals surface area (Å²) in [6.07, 6.45) is 1.01. The molecule has 2 rings (SSSR count). The Morgan fingerprint density at radius 2 is 1.96 bits per heavy atom. The Morgan fingerprint density at radius 1 is 1.29 bits per heavy atom. The van der Waals surface area contributed by atoms with Gasteiger partial charge in [-0.1, -0.05) is 13.8 Å². The molecule has 1 aliphatic rings. The molecule has 1 aromatic rings. The molecule has 1 aliphatic heterocycles. The number of hydrogen-bond donors (Lipinski definition) is 1. The lowest BCUT2D eigenvalue weighted by Crippen LogP contribution is -2.72. The molecule has 1 aromatic heterocycles. The zero-order chi connectivity index (χ0) is 17.3. The number of likely N-dealkylation sites (tertiary alicyclic amines) is 1. The molecule has 2 heterocycles. The third-order valence-electron chi connectivity index (χ3n) is 5.37. The Bertz CT molecular complexity index is 574. The first-order valence-electron chi connectivity index (χ1n) is 8.76. The predicted molar refractivity (Wildman–Crippen MR) is 112 cm³/mol. The van der Waals surface area contributed by atoms with Crippen LogP contribution in [0.1, 0.15) is 52.4 Å². The molecule has 0 aromatic carbocycles. The SMILES string of the molecule is CCNC(=NCCCn1nc(C)cc1C)N1CC(C)(C)C1(C)C.I. The van der Waals surface area contributed by atoms with Crippen molar-refractivity contribution in [1.29, 1.82) is 0 Å². The first kappa shape index (κ1) is 21.3. The molecule has 0 aliphatic carbocycles. The molecular formula is C18H34IN5. The highest BCUT2D eigenvalue weighted by Gasteiger charge is 2.53.